The second-order valence-electron chi connectivity index (χ2n) is 3.60. The highest BCUT2D eigenvalue weighted by Crippen LogP contribution is 2.10. The minimum Gasteiger partial charge on any atom is -0.478 e. The van der Waals surface area contributed by atoms with E-state index >= 15 is 0 Å². The summed E-state index contributed by atoms with van der Waals surface area (Å²) in [7, 11) is -3.94. The van der Waals surface area contributed by atoms with Crippen molar-refractivity contribution in [2.75, 3.05) is 6.54 Å². The molecule has 1 atom stereocenters. The highest BCUT2D eigenvalue weighted by Gasteiger charge is 2.18. The summed E-state index contributed by atoms with van der Waals surface area (Å²) in [6, 6.07) is 4.45. The molecule has 0 bridgehead atoms. The number of nitrogens with one attached hydrogen (secondary N) is 1. The van der Waals surface area contributed by atoms with Crippen LogP contribution in [0.1, 0.15) is 10.4 Å². The van der Waals surface area contributed by atoms with Gasteiger partial charge in [0.1, 0.15) is 6.10 Å². The molecule has 1 rings (SSSR count). The largest absolute Gasteiger partial charge is 0.478 e. The molecular weight excluding hydrogens is 276 g/mol. The van der Waals surface area contributed by atoms with E-state index in [1.54, 1.807) is 0 Å². The van der Waals surface area contributed by atoms with Gasteiger partial charge in [0.2, 0.25) is 15.9 Å². The van der Waals surface area contributed by atoms with Crippen LogP contribution in [0.3, 0.4) is 0 Å². The Morgan fingerprint density at radius 2 is 1.79 bits per heavy atom. The van der Waals surface area contributed by atoms with Gasteiger partial charge < -0.3 is 15.9 Å². The van der Waals surface area contributed by atoms with Crippen LogP contribution in [0.5, 0.6) is 0 Å². The Kier molecular flexibility index (Phi) is 4.59. The summed E-state index contributed by atoms with van der Waals surface area (Å²) < 4.78 is 25.4. The first-order valence-corrected chi connectivity index (χ1v) is 6.53. The van der Waals surface area contributed by atoms with Gasteiger partial charge in [-0.2, -0.15) is 0 Å². The fraction of sp³-hybridized carbons (Fsp3) is 0.200. The number of carboxylic acids is 1. The Balaban J connectivity index is 2.83. The minimum atomic E-state index is -3.94. The third kappa shape index (κ3) is 4.02. The molecule has 0 saturated heterocycles. The number of aliphatic hydroxyl groups excluding tert-OH is 1. The zero-order valence-corrected chi connectivity index (χ0v) is 10.4. The number of carbonyl (C=O) groups is 2. The lowest BCUT2D eigenvalue weighted by Gasteiger charge is -2.09. The summed E-state index contributed by atoms with van der Waals surface area (Å²) in [5.74, 6) is -2.23. The van der Waals surface area contributed by atoms with Gasteiger partial charge in [-0.1, -0.05) is 0 Å². The van der Waals surface area contributed by atoms with E-state index in [9.17, 15) is 18.0 Å². The molecule has 19 heavy (non-hydrogen) atoms. The van der Waals surface area contributed by atoms with Crippen LogP contribution in [0.25, 0.3) is 0 Å². The van der Waals surface area contributed by atoms with E-state index in [4.69, 9.17) is 15.9 Å². The number of carboxylic acid groups (broad SMARTS) is 1. The maximum atomic E-state index is 11.7. The van der Waals surface area contributed by atoms with Gasteiger partial charge in [-0.25, -0.2) is 17.9 Å². The first kappa shape index (κ1) is 15.1. The van der Waals surface area contributed by atoms with Gasteiger partial charge in [0, 0.05) is 6.54 Å². The molecule has 104 valence electrons. The summed E-state index contributed by atoms with van der Waals surface area (Å²) in [4.78, 5) is 21.0. The van der Waals surface area contributed by atoms with Crippen LogP contribution in [0.4, 0.5) is 0 Å². The average molecular weight is 288 g/mol. The van der Waals surface area contributed by atoms with Crippen LogP contribution >= 0.6 is 0 Å². The topological polar surface area (TPSA) is 147 Å². The van der Waals surface area contributed by atoms with E-state index < -0.39 is 34.5 Å². The van der Waals surface area contributed by atoms with Gasteiger partial charge in [-0.3, -0.25) is 4.79 Å². The van der Waals surface area contributed by atoms with E-state index in [-0.39, 0.29) is 10.5 Å². The number of aliphatic hydroxyl groups is 1. The van der Waals surface area contributed by atoms with Crippen molar-refractivity contribution in [3.63, 3.8) is 0 Å². The third-order valence-corrected chi connectivity index (χ3v) is 3.65. The highest BCUT2D eigenvalue weighted by atomic mass is 32.2. The Morgan fingerprint density at radius 1 is 1.26 bits per heavy atom. The van der Waals surface area contributed by atoms with Gasteiger partial charge >= 0.3 is 5.97 Å². The summed E-state index contributed by atoms with van der Waals surface area (Å²) in [5, 5.41) is 17.7. The van der Waals surface area contributed by atoms with Crippen molar-refractivity contribution < 1.29 is 28.2 Å². The smallest absolute Gasteiger partial charge is 0.335 e. The number of primary amides is 1. The molecule has 1 unspecified atom stereocenters. The van der Waals surface area contributed by atoms with Crippen LogP contribution in [0.15, 0.2) is 29.2 Å². The number of hydrogen-bond donors (Lipinski definition) is 4. The van der Waals surface area contributed by atoms with Crippen LogP contribution < -0.4 is 10.5 Å². The monoisotopic (exact) mass is 288 g/mol. The van der Waals surface area contributed by atoms with Crippen LogP contribution in [-0.4, -0.2) is 43.2 Å². The SMILES string of the molecule is NC(=O)C(O)CNS(=O)(=O)c1ccc(C(=O)O)cc1. The second-order valence-corrected chi connectivity index (χ2v) is 5.37. The zero-order chi connectivity index (χ0) is 14.6. The number of rotatable bonds is 6. The molecule has 1 aromatic carbocycles. The van der Waals surface area contributed by atoms with Gasteiger partial charge in [0.05, 0.1) is 10.5 Å². The van der Waals surface area contributed by atoms with E-state index in [0.717, 1.165) is 24.3 Å². The number of amides is 1. The maximum absolute atomic E-state index is 11.7. The summed E-state index contributed by atoms with van der Waals surface area (Å²) in [6.45, 7) is -0.557. The molecule has 0 radical (unpaired) electrons. The minimum absolute atomic E-state index is 0.0591. The van der Waals surface area contributed by atoms with Crippen molar-refractivity contribution in [2.24, 2.45) is 5.73 Å². The molecule has 5 N–H and O–H groups in total. The zero-order valence-electron chi connectivity index (χ0n) is 9.61. The first-order chi connectivity index (χ1) is 8.74. The van der Waals surface area contributed by atoms with Gasteiger partial charge in [0.25, 0.3) is 0 Å². The first-order valence-electron chi connectivity index (χ1n) is 5.04. The van der Waals surface area contributed by atoms with E-state index in [2.05, 4.69) is 0 Å². The molecule has 0 fully saturated rings. The lowest BCUT2D eigenvalue weighted by Crippen LogP contribution is -2.39. The normalized spacial score (nSPS) is 12.9. The van der Waals surface area contributed by atoms with Crippen molar-refractivity contribution in [2.45, 2.75) is 11.0 Å². The molecule has 0 aliphatic carbocycles. The maximum Gasteiger partial charge on any atom is 0.335 e. The Hall–Kier alpha value is -1.97. The van der Waals surface area contributed by atoms with E-state index in [1.165, 1.54) is 0 Å². The fourth-order valence-corrected chi connectivity index (χ4v) is 2.19. The molecule has 0 spiro atoms. The van der Waals surface area contributed by atoms with Crippen molar-refractivity contribution in [3.05, 3.63) is 29.8 Å². The van der Waals surface area contributed by atoms with Crippen molar-refractivity contribution >= 4 is 21.9 Å². The molecule has 0 aliphatic rings. The van der Waals surface area contributed by atoms with Crippen LogP contribution in [-0.2, 0) is 14.8 Å². The standard InChI is InChI=1S/C10H12N2O6S/c11-9(14)8(13)5-12-19(17,18)7-3-1-6(2-4-7)10(15)16/h1-4,8,12-13H,5H2,(H2,11,14)(H,15,16). The fourth-order valence-electron chi connectivity index (χ4n) is 1.15. The predicted octanol–water partition coefficient (Wildman–Crippen LogP) is -1.49. The van der Waals surface area contributed by atoms with Crippen molar-refractivity contribution in [1.29, 1.82) is 0 Å². The number of hydrogen-bond acceptors (Lipinski definition) is 5. The summed E-state index contributed by atoms with van der Waals surface area (Å²) in [5.41, 5.74) is 4.71. The molecule has 8 nitrogen and oxygen atoms in total. The van der Waals surface area contributed by atoms with Crippen molar-refractivity contribution in [1.82, 2.24) is 4.72 Å². The Bertz CT molecular complexity index is 581. The Morgan fingerprint density at radius 3 is 2.21 bits per heavy atom. The van der Waals surface area contributed by atoms with Crippen LogP contribution in [0.2, 0.25) is 0 Å². The molecule has 1 amide bonds. The highest BCUT2D eigenvalue weighted by molar-refractivity contribution is 7.89. The quantitative estimate of drug-likeness (QED) is 0.501. The molecule has 0 heterocycles. The van der Waals surface area contributed by atoms with Crippen molar-refractivity contribution in [3.8, 4) is 0 Å². The van der Waals surface area contributed by atoms with Gasteiger partial charge in [-0.05, 0) is 24.3 Å². The molecule has 9 heteroatoms. The number of carbonyl (C=O) groups excluding carboxylic acids is 1. The Labute approximate surface area is 108 Å². The molecular formula is C10H12N2O6S. The van der Waals surface area contributed by atoms with Gasteiger partial charge in [0.15, 0.2) is 0 Å². The van der Waals surface area contributed by atoms with Crippen LogP contribution in [0, 0.1) is 0 Å². The second kappa shape index (κ2) is 5.78. The average Bonchev–Trinajstić information content (AvgIpc) is 2.36. The van der Waals surface area contributed by atoms with E-state index in [0.29, 0.717) is 0 Å². The lowest BCUT2D eigenvalue weighted by molar-refractivity contribution is -0.125. The van der Waals surface area contributed by atoms with E-state index in [1.807, 2.05) is 4.72 Å². The molecule has 0 saturated carbocycles. The number of nitrogens with two attached hydrogens (primary N) is 1. The number of aromatic carboxylic acids is 1. The predicted molar refractivity (Wildman–Crippen MR) is 63.8 cm³/mol. The van der Waals surface area contributed by atoms with Gasteiger partial charge in [-0.15, -0.1) is 0 Å². The molecule has 0 aromatic heterocycles. The third-order valence-electron chi connectivity index (χ3n) is 2.21. The molecule has 1 aromatic rings. The summed E-state index contributed by atoms with van der Waals surface area (Å²) in [6.07, 6.45) is -1.63. The number of benzene rings is 1. The summed E-state index contributed by atoms with van der Waals surface area (Å²) >= 11 is 0. The molecule has 0 aliphatic heterocycles. The lowest BCUT2D eigenvalue weighted by atomic mass is 10.2. The number of sulfonamides is 1.